The summed E-state index contributed by atoms with van der Waals surface area (Å²) in [5, 5.41) is 5.73. The minimum absolute atomic E-state index is 0.186. The van der Waals surface area contributed by atoms with E-state index in [4.69, 9.17) is 4.74 Å². The molecule has 2 N–H and O–H groups in total. The van der Waals surface area contributed by atoms with Gasteiger partial charge < -0.3 is 15.4 Å². The van der Waals surface area contributed by atoms with Gasteiger partial charge in [-0.05, 0) is 48.9 Å². The topological polar surface area (TPSA) is 93.2 Å². The number of amides is 1. The Hall–Kier alpha value is -3.81. The van der Waals surface area contributed by atoms with Crippen LogP contribution < -0.4 is 10.6 Å². The van der Waals surface area contributed by atoms with Crippen LogP contribution in [0.2, 0.25) is 0 Å². The van der Waals surface area contributed by atoms with Crippen molar-refractivity contribution >= 4 is 23.5 Å². The van der Waals surface area contributed by atoms with Gasteiger partial charge in [0.05, 0.1) is 12.7 Å². The number of carbonyl (C=O) groups is 2. The van der Waals surface area contributed by atoms with E-state index in [0.29, 0.717) is 16.9 Å². The number of anilines is 2. The third-order valence-electron chi connectivity index (χ3n) is 3.99. The average Bonchev–Trinajstić information content (AvgIpc) is 2.72. The van der Waals surface area contributed by atoms with E-state index >= 15 is 0 Å². The van der Waals surface area contributed by atoms with Gasteiger partial charge in [-0.1, -0.05) is 18.2 Å². The summed E-state index contributed by atoms with van der Waals surface area (Å²) in [6, 6.07) is 14.1. The highest BCUT2D eigenvalue weighted by atomic mass is 19.1. The largest absolute Gasteiger partial charge is 0.465 e. The summed E-state index contributed by atoms with van der Waals surface area (Å²) < 4.78 is 17.7. The molecule has 0 aliphatic rings. The van der Waals surface area contributed by atoms with Crippen LogP contribution >= 0.6 is 0 Å². The molecule has 1 heterocycles. The van der Waals surface area contributed by atoms with E-state index in [-0.39, 0.29) is 29.9 Å². The van der Waals surface area contributed by atoms with Crippen molar-refractivity contribution in [2.75, 3.05) is 12.4 Å². The maximum Gasteiger partial charge on any atom is 0.337 e. The van der Waals surface area contributed by atoms with Gasteiger partial charge in [-0.25, -0.2) is 19.2 Å². The monoisotopic (exact) mass is 394 g/mol. The van der Waals surface area contributed by atoms with Crippen molar-refractivity contribution in [2.24, 2.45) is 0 Å². The highest BCUT2D eigenvalue weighted by Crippen LogP contribution is 2.16. The van der Waals surface area contributed by atoms with Gasteiger partial charge in [0.15, 0.2) is 0 Å². The molecular weight excluding hydrogens is 375 g/mol. The van der Waals surface area contributed by atoms with Crippen LogP contribution in [0.15, 0.2) is 54.6 Å². The predicted molar refractivity (Wildman–Crippen MR) is 105 cm³/mol. The molecule has 0 aliphatic heterocycles. The molecule has 0 spiro atoms. The normalized spacial score (nSPS) is 10.3. The summed E-state index contributed by atoms with van der Waals surface area (Å²) in [6.07, 6.45) is 0. The van der Waals surface area contributed by atoms with E-state index in [1.54, 1.807) is 49.4 Å². The molecule has 1 aromatic heterocycles. The summed E-state index contributed by atoms with van der Waals surface area (Å²) in [5.41, 5.74) is 2.51. The van der Waals surface area contributed by atoms with E-state index in [9.17, 15) is 14.0 Å². The van der Waals surface area contributed by atoms with Crippen molar-refractivity contribution in [3.8, 4) is 0 Å². The van der Waals surface area contributed by atoms with Gasteiger partial charge in [0.2, 0.25) is 5.95 Å². The fraction of sp³-hybridized carbons (Fsp3) is 0.143. The number of benzene rings is 2. The summed E-state index contributed by atoms with van der Waals surface area (Å²) in [5.74, 6) is -0.955. The van der Waals surface area contributed by atoms with Crippen molar-refractivity contribution in [3.63, 3.8) is 0 Å². The smallest absolute Gasteiger partial charge is 0.337 e. The van der Waals surface area contributed by atoms with Crippen LogP contribution in [0.5, 0.6) is 0 Å². The molecule has 3 rings (SSSR count). The molecule has 0 atom stereocenters. The van der Waals surface area contributed by atoms with Crippen LogP contribution in [0.1, 0.15) is 32.1 Å². The van der Waals surface area contributed by atoms with Crippen molar-refractivity contribution in [1.82, 2.24) is 15.3 Å². The second kappa shape index (κ2) is 8.92. The highest BCUT2D eigenvalue weighted by Gasteiger charge is 2.12. The number of ether oxygens (including phenoxy) is 1. The van der Waals surface area contributed by atoms with Gasteiger partial charge in [0, 0.05) is 17.9 Å². The summed E-state index contributed by atoms with van der Waals surface area (Å²) in [6.45, 7) is 1.99. The van der Waals surface area contributed by atoms with E-state index in [2.05, 4.69) is 20.6 Å². The Bertz CT molecular complexity index is 1040. The number of aromatic nitrogens is 2. The van der Waals surface area contributed by atoms with E-state index < -0.39 is 5.97 Å². The molecule has 0 saturated heterocycles. The van der Waals surface area contributed by atoms with Gasteiger partial charge in [0.25, 0.3) is 5.91 Å². The van der Waals surface area contributed by atoms with Crippen LogP contribution in [-0.2, 0) is 11.3 Å². The Labute approximate surface area is 167 Å². The lowest BCUT2D eigenvalue weighted by Gasteiger charge is -2.10. The fourth-order valence-corrected chi connectivity index (χ4v) is 2.59. The first-order valence-electron chi connectivity index (χ1n) is 8.78. The minimum Gasteiger partial charge on any atom is -0.465 e. The fourth-order valence-electron chi connectivity index (χ4n) is 2.59. The number of methoxy groups -OCH3 is 1. The Morgan fingerprint density at radius 1 is 1.07 bits per heavy atom. The zero-order valence-corrected chi connectivity index (χ0v) is 15.9. The van der Waals surface area contributed by atoms with Gasteiger partial charge in [-0.2, -0.15) is 0 Å². The lowest BCUT2D eigenvalue weighted by atomic mass is 10.2. The maximum absolute atomic E-state index is 13.0. The molecule has 29 heavy (non-hydrogen) atoms. The number of carbonyl (C=O) groups excluding carboxylic acids is 2. The molecule has 2 aromatic carbocycles. The Balaban J connectivity index is 1.73. The van der Waals surface area contributed by atoms with Crippen molar-refractivity contribution < 1.29 is 18.7 Å². The second-order valence-electron chi connectivity index (χ2n) is 6.22. The van der Waals surface area contributed by atoms with Crippen molar-refractivity contribution in [1.29, 1.82) is 0 Å². The molecule has 0 radical (unpaired) electrons. The summed E-state index contributed by atoms with van der Waals surface area (Å²) >= 11 is 0. The van der Waals surface area contributed by atoms with Crippen LogP contribution in [-0.4, -0.2) is 29.0 Å². The Morgan fingerprint density at radius 2 is 1.83 bits per heavy atom. The number of esters is 1. The van der Waals surface area contributed by atoms with E-state index in [0.717, 1.165) is 5.56 Å². The first kappa shape index (κ1) is 19.9. The first-order chi connectivity index (χ1) is 13.9. The zero-order chi connectivity index (χ0) is 20.8. The summed E-state index contributed by atoms with van der Waals surface area (Å²) in [7, 11) is 1.31. The molecule has 0 fully saturated rings. The Morgan fingerprint density at radius 3 is 2.55 bits per heavy atom. The second-order valence-corrected chi connectivity index (χ2v) is 6.22. The van der Waals surface area contributed by atoms with Crippen molar-refractivity contribution in [2.45, 2.75) is 13.5 Å². The van der Waals surface area contributed by atoms with Crippen LogP contribution in [0, 0.1) is 12.7 Å². The average molecular weight is 394 g/mol. The molecule has 148 valence electrons. The summed E-state index contributed by atoms with van der Waals surface area (Å²) in [4.78, 5) is 32.6. The van der Waals surface area contributed by atoms with Crippen LogP contribution in [0.3, 0.4) is 0 Å². The zero-order valence-electron chi connectivity index (χ0n) is 15.9. The highest BCUT2D eigenvalue weighted by molar-refractivity contribution is 5.93. The maximum atomic E-state index is 13.0. The molecule has 1 amide bonds. The van der Waals surface area contributed by atoms with Gasteiger partial charge in [-0.15, -0.1) is 0 Å². The number of nitrogens with zero attached hydrogens (tertiary/aromatic N) is 2. The molecular formula is C21H19FN4O3. The van der Waals surface area contributed by atoms with Crippen LogP contribution in [0.4, 0.5) is 16.0 Å². The van der Waals surface area contributed by atoms with E-state index in [1.807, 2.05) is 0 Å². The van der Waals surface area contributed by atoms with E-state index in [1.165, 1.54) is 19.2 Å². The van der Waals surface area contributed by atoms with Gasteiger partial charge in [-0.3, -0.25) is 4.79 Å². The SMILES string of the molecule is COC(=O)c1cccc(Nc2nc(C)cc(C(=O)NCc3ccc(F)cc3)n2)c1. The number of nitrogens with one attached hydrogen (secondary N) is 2. The lowest BCUT2D eigenvalue weighted by molar-refractivity contribution is 0.0600. The van der Waals surface area contributed by atoms with Crippen LogP contribution in [0.25, 0.3) is 0 Å². The quantitative estimate of drug-likeness (QED) is 0.623. The molecule has 8 heteroatoms. The lowest BCUT2D eigenvalue weighted by Crippen LogP contribution is -2.24. The Kier molecular flexibility index (Phi) is 6.13. The third-order valence-corrected chi connectivity index (χ3v) is 3.99. The standard InChI is InChI=1S/C21H19FN4O3/c1-13-10-18(19(27)23-12-14-6-8-16(22)9-7-14)26-21(24-13)25-17-5-3-4-15(11-17)20(28)29-2/h3-11H,12H2,1-2H3,(H,23,27)(H,24,25,26). The minimum atomic E-state index is -0.459. The number of aryl methyl sites for hydroxylation is 1. The molecule has 0 aliphatic carbocycles. The molecule has 0 saturated carbocycles. The first-order valence-corrected chi connectivity index (χ1v) is 8.78. The number of halogens is 1. The predicted octanol–water partition coefficient (Wildman–Crippen LogP) is 3.38. The number of hydrogen-bond donors (Lipinski definition) is 2. The molecule has 7 nitrogen and oxygen atoms in total. The molecule has 0 unspecified atom stereocenters. The van der Waals surface area contributed by atoms with Gasteiger partial charge >= 0.3 is 5.97 Å². The number of rotatable bonds is 6. The molecule has 0 bridgehead atoms. The van der Waals surface area contributed by atoms with Crippen molar-refractivity contribution in [3.05, 3.63) is 82.9 Å². The molecule has 3 aromatic rings. The van der Waals surface area contributed by atoms with Gasteiger partial charge in [0.1, 0.15) is 11.5 Å². The third kappa shape index (κ3) is 5.35. The number of hydrogen-bond acceptors (Lipinski definition) is 6.